The summed E-state index contributed by atoms with van der Waals surface area (Å²) in [4.78, 5) is 27.3. The van der Waals surface area contributed by atoms with Crippen molar-refractivity contribution in [2.45, 2.75) is 38.1 Å². The van der Waals surface area contributed by atoms with Crippen LogP contribution in [0.4, 0.5) is 5.69 Å². The van der Waals surface area contributed by atoms with Crippen molar-refractivity contribution in [2.24, 2.45) is 0 Å². The van der Waals surface area contributed by atoms with E-state index in [2.05, 4.69) is 39.8 Å². The number of carbonyl (C=O) groups excluding carboxylic acids is 2. The van der Waals surface area contributed by atoms with Crippen LogP contribution in [0.2, 0.25) is 0 Å². The number of hydrogen-bond acceptors (Lipinski definition) is 3. The molecular formula is C29H33N3O2. The molecule has 5 nitrogen and oxygen atoms in total. The summed E-state index contributed by atoms with van der Waals surface area (Å²) in [5, 5.41) is 6.27. The highest BCUT2D eigenvalue weighted by molar-refractivity contribution is 5.95. The van der Waals surface area contributed by atoms with Crippen LogP contribution in [-0.4, -0.2) is 42.4 Å². The molecule has 0 radical (unpaired) electrons. The molecule has 1 fully saturated rings. The van der Waals surface area contributed by atoms with E-state index >= 15 is 0 Å². The van der Waals surface area contributed by atoms with Gasteiger partial charge in [0.15, 0.2) is 0 Å². The van der Waals surface area contributed by atoms with Crippen LogP contribution >= 0.6 is 0 Å². The lowest BCUT2D eigenvalue weighted by Crippen LogP contribution is -2.45. The number of likely N-dealkylation sites (tertiary alicyclic amines) is 1. The minimum Gasteiger partial charge on any atom is -0.353 e. The molecule has 3 aromatic carbocycles. The van der Waals surface area contributed by atoms with Crippen LogP contribution in [0.25, 0.3) is 11.1 Å². The van der Waals surface area contributed by atoms with Crippen LogP contribution < -0.4 is 10.6 Å². The summed E-state index contributed by atoms with van der Waals surface area (Å²) in [5.41, 5.74) is 4.15. The largest absolute Gasteiger partial charge is 0.353 e. The second-order valence-corrected chi connectivity index (χ2v) is 8.88. The summed E-state index contributed by atoms with van der Waals surface area (Å²) in [6, 6.07) is 28.4. The Morgan fingerprint density at radius 3 is 2.15 bits per heavy atom. The van der Waals surface area contributed by atoms with Gasteiger partial charge in [0.25, 0.3) is 0 Å². The Balaban J connectivity index is 1.17. The second kappa shape index (κ2) is 12.1. The number of hydrogen-bond donors (Lipinski definition) is 2. The molecule has 1 aliphatic heterocycles. The van der Waals surface area contributed by atoms with Crippen molar-refractivity contribution in [2.75, 3.05) is 25.0 Å². The number of rotatable bonds is 9. The fourth-order valence-corrected chi connectivity index (χ4v) is 4.44. The minimum atomic E-state index is 0.0275. The van der Waals surface area contributed by atoms with Gasteiger partial charge in [-0.25, -0.2) is 0 Å². The molecule has 4 rings (SSSR count). The maximum absolute atomic E-state index is 12.6. The van der Waals surface area contributed by atoms with Gasteiger partial charge >= 0.3 is 0 Å². The quantitative estimate of drug-likeness (QED) is 0.483. The molecule has 34 heavy (non-hydrogen) atoms. The molecule has 0 bridgehead atoms. The highest BCUT2D eigenvalue weighted by Gasteiger charge is 2.21. The van der Waals surface area contributed by atoms with Crippen LogP contribution in [-0.2, 0) is 16.0 Å². The zero-order valence-corrected chi connectivity index (χ0v) is 19.6. The van der Waals surface area contributed by atoms with Crippen molar-refractivity contribution in [3.63, 3.8) is 0 Å². The van der Waals surface area contributed by atoms with Gasteiger partial charge in [0.2, 0.25) is 11.8 Å². The Bertz CT molecular complexity index is 1060. The number of nitrogens with zero attached hydrogens (tertiary/aromatic N) is 1. The van der Waals surface area contributed by atoms with Gasteiger partial charge in [0.1, 0.15) is 0 Å². The molecule has 2 amide bonds. The molecule has 3 aromatic rings. The number of aryl methyl sites for hydroxylation is 1. The molecule has 1 aliphatic rings. The van der Waals surface area contributed by atoms with Gasteiger partial charge in [-0.05, 0) is 36.5 Å². The van der Waals surface area contributed by atoms with Crippen molar-refractivity contribution in [1.82, 2.24) is 10.2 Å². The van der Waals surface area contributed by atoms with Gasteiger partial charge in [-0.3, -0.25) is 9.59 Å². The van der Waals surface area contributed by atoms with Crippen LogP contribution in [0.1, 0.15) is 31.2 Å². The van der Waals surface area contributed by atoms with E-state index in [9.17, 15) is 9.59 Å². The minimum absolute atomic E-state index is 0.0275. The van der Waals surface area contributed by atoms with Gasteiger partial charge in [0.05, 0.1) is 0 Å². The summed E-state index contributed by atoms with van der Waals surface area (Å²) in [6.07, 6.45) is 3.60. The lowest BCUT2D eigenvalue weighted by molar-refractivity contribution is -0.122. The number of amides is 2. The third kappa shape index (κ3) is 7.03. The summed E-state index contributed by atoms with van der Waals surface area (Å²) < 4.78 is 0. The monoisotopic (exact) mass is 455 g/mol. The number of piperidine rings is 1. The molecule has 176 valence electrons. The van der Waals surface area contributed by atoms with Crippen molar-refractivity contribution in [3.8, 4) is 11.1 Å². The Morgan fingerprint density at radius 1 is 0.765 bits per heavy atom. The average molecular weight is 456 g/mol. The fourth-order valence-electron chi connectivity index (χ4n) is 4.44. The molecule has 1 heterocycles. The number of nitrogens with one attached hydrogen (secondary N) is 2. The molecule has 2 N–H and O–H groups in total. The molecule has 0 atom stereocenters. The molecule has 0 unspecified atom stereocenters. The van der Waals surface area contributed by atoms with E-state index in [1.807, 2.05) is 60.7 Å². The van der Waals surface area contributed by atoms with Gasteiger partial charge < -0.3 is 15.5 Å². The van der Waals surface area contributed by atoms with Gasteiger partial charge in [-0.1, -0.05) is 78.9 Å². The lowest BCUT2D eigenvalue weighted by Gasteiger charge is -2.32. The molecule has 0 spiro atoms. The van der Waals surface area contributed by atoms with E-state index in [1.54, 1.807) is 0 Å². The van der Waals surface area contributed by atoms with E-state index in [-0.39, 0.29) is 17.9 Å². The Kier molecular flexibility index (Phi) is 8.47. The summed E-state index contributed by atoms with van der Waals surface area (Å²) in [5.74, 6) is 0.151. The predicted octanol–water partition coefficient (Wildman–Crippen LogP) is 4.90. The van der Waals surface area contributed by atoms with Crippen LogP contribution in [0.5, 0.6) is 0 Å². The maximum Gasteiger partial charge on any atom is 0.225 e. The summed E-state index contributed by atoms with van der Waals surface area (Å²) in [7, 11) is 0. The molecule has 5 heteroatoms. The Hall–Kier alpha value is -3.44. The Morgan fingerprint density at radius 2 is 1.41 bits per heavy atom. The smallest absolute Gasteiger partial charge is 0.225 e. The molecule has 0 aliphatic carbocycles. The zero-order valence-electron chi connectivity index (χ0n) is 19.6. The number of benzene rings is 3. The van der Waals surface area contributed by atoms with E-state index in [4.69, 9.17) is 0 Å². The molecule has 1 saturated heterocycles. The highest BCUT2D eigenvalue weighted by Crippen LogP contribution is 2.27. The third-order valence-corrected chi connectivity index (χ3v) is 6.38. The zero-order chi connectivity index (χ0) is 23.6. The SMILES string of the molecule is O=C(CCN1CCC(NC(=O)CCc2ccccc2)CC1)Nc1ccccc1-c1ccccc1. The molecule has 0 saturated carbocycles. The lowest BCUT2D eigenvalue weighted by atomic mass is 10.0. The van der Waals surface area contributed by atoms with E-state index < -0.39 is 0 Å². The Labute approximate surface area is 202 Å². The first-order valence-corrected chi connectivity index (χ1v) is 12.2. The predicted molar refractivity (Wildman–Crippen MR) is 137 cm³/mol. The second-order valence-electron chi connectivity index (χ2n) is 8.88. The number of anilines is 1. The standard InChI is InChI=1S/C29H33N3O2/c33-28(16-15-23-9-3-1-4-10-23)30-25-17-20-32(21-18-25)22-19-29(34)31-27-14-8-7-13-26(27)24-11-5-2-6-12-24/h1-14,25H,15-22H2,(H,30,33)(H,31,34). The first-order chi connectivity index (χ1) is 16.7. The number of carbonyl (C=O) groups is 2. The van der Waals surface area contributed by atoms with E-state index in [1.165, 1.54) is 5.56 Å². The van der Waals surface area contributed by atoms with Crippen LogP contribution in [0, 0.1) is 0 Å². The van der Waals surface area contributed by atoms with Crippen molar-refractivity contribution in [3.05, 3.63) is 90.5 Å². The first-order valence-electron chi connectivity index (χ1n) is 12.2. The molecular weight excluding hydrogens is 422 g/mol. The van der Waals surface area contributed by atoms with Crippen LogP contribution in [0.15, 0.2) is 84.9 Å². The van der Waals surface area contributed by atoms with Gasteiger partial charge in [-0.2, -0.15) is 0 Å². The molecule has 0 aromatic heterocycles. The first kappa shape index (κ1) is 23.7. The van der Waals surface area contributed by atoms with Gasteiger partial charge in [-0.15, -0.1) is 0 Å². The van der Waals surface area contributed by atoms with Crippen molar-refractivity contribution < 1.29 is 9.59 Å². The van der Waals surface area contributed by atoms with E-state index in [0.717, 1.165) is 55.7 Å². The van der Waals surface area contributed by atoms with Crippen molar-refractivity contribution in [1.29, 1.82) is 0 Å². The topological polar surface area (TPSA) is 61.4 Å². The number of para-hydroxylation sites is 1. The third-order valence-electron chi connectivity index (χ3n) is 6.38. The summed E-state index contributed by atoms with van der Waals surface area (Å²) >= 11 is 0. The van der Waals surface area contributed by atoms with Crippen LogP contribution in [0.3, 0.4) is 0 Å². The fraction of sp³-hybridized carbons (Fsp3) is 0.310. The van der Waals surface area contributed by atoms with E-state index in [0.29, 0.717) is 12.8 Å². The normalized spacial score (nSPS) is 14.5. The van der Waals surface area contributed by atoms with Gasteiger partial charge in [0, 0.05) is 49.8 Å². The maximum atomic E-state index is 12.6. The average Bonchev–Trinajstić information content (AvgIpc) is 2.88. The highest BCUT2D eigenvalue weighted by atomic mass is 16.2. The van der Waals surface area contributed by atoms with Crippen molar-refractivity contribution >= 4 is 17.5 Å². The summed E-state index contributed by atoms with van der Waals surface area (Å²) in [6.45, 7) is 2.53.